The lowest BCUT2D eigenvalue weighted by Gasteiger charge is -2.41. The van der Waals surface area contributed by atoms with Crippen molar-refractivity contribution in [3.63, 3.8) is 0 Å². The van der Waals surface area contributed by atoms with Crippen LogP contribution in [0.15, 0.2) is 0 Å². The Hall–Kier alpha value is -6.44. The van der Waals surface area contributed by atoms with Gasteiger partial charge in [-0.05, 0) is 128 Å². The van der Waals surface area contributed by atoms with Gasteiger partial charge in [-0.1, -0.05) is 138 Å². The Morgan fingerprint density at radius 3 is 1.31 bits per heavy atom. The molecule has 5 rings (SSSR count). The Kier molecular flexibility index (Phi) is 34.6. The van der Waals surface area contributed by atoms with E-state index in [1.165, 1.54) is 85.5 Å². The van der Waals surface area contributed by atoms with Gasteiger partial charge in [0.25, 0.3) is 0 Å². The summed E-state index contributed by atoms with van der Waals surface area (Å²) in [5.74, 6) is -8.43. The molecule has 2 saturated heterocycles. The zero-order valence-electron chi connectivity index (χ0n) is 66.2. The molecule has 3 saturated carbocycles. The van der Waals surface area contributed by atoms with Gasteiger partial charge in [-0.2, -0.15) is 0 Å². The number of likely N-dealkylation sites (N-methyl/N-ethyl adjacent to an activating group) is 7. The van der Waals surface area contributed by atoms with Gasteiger partial charge in [-0.3, -0.25) is 57.5 Å². The largest absolute Gasteiger partial charge is 0.391 e. The predicted molar refractivity (Wildman–Crippen MR) is 395 cm³/mol. The first-order valence-corrected chi connectivity index (χ1v) is 39.0. The first kappa shape index (κ1) is 87.2. The molecule has 2 aliphatic heterocycles. The van der Waals surface area contributed by atoms with E-state index in [-0.39, 0.29) is 80.6 Å². The molecule has 26 heteroatoms. The molecule has 103 heavy (non-hydrogen) atoms. The second-order valence-electron chi connectivity index (χ2n) is 33.3. The molecular weight excluding hydrogens is 1320 g/mol. The van der Waals surface area contributed by atoms with Crippen molar-refractivity contribution in [2.24, 2.45) is 35.5 Å². The molecule has 586 valence electrons. The van der Waals surface area contributed by atoms with E-state index in [0.717, 1.165) is 108 Å². The molecule has 12 amide bonds. The van der Waals surface area contributed by atoms with Crippen molar-refractivity contribution < 1.29 is 67.4 Å². The quantitative estimate of drug-likeness (QED) is 0.118. The lowest BCUT2D eigenvalue weighted by molar-refractivity contribution is -0.156. The molecule has 0 radical (unpaired) electrons. The van der Waals surface area contributed by atoms with Gasteiger partial charge in [0, 0.05) is 62.4 Å². The van der Waals surface area contributed by atoms with Crippen LogP contribution in [0.2, 0.25) is 0 Å². The summed E-state index contributed by atoms with van der Waals surface area (Å²) in [6.45, 7) is 19.2. The average molecular weight is 1450 g/mol. The number of nitrogens with one attached hydrogen (secondary N) is 4. The van der Waals surface area contributed by atoms with Gasteiger partial charge >= 0.3 is 0 Å². The predicted octanol–water partition coefficient (Wildman–Crippen LogP) is 6.03. The molecule has 0 aromatic rings. The number of piperidine rings is 1. The highest BCUT2D eigenvalue weighted by Crippen LogP contribution is 2.34. The first-order valence-electron chi connectivity index (χ1n) is 39.0. The molecule has 0 unspecified atom stereocenters. The van der Waals surface area contributed by atoms with Crippen LogP contribution in [-0.2, 0) is 62.3 Å². The molecular formula is C77H134N12O14. The van der Waals surface area contributed by atoms with Crippen LogP contribution >= 0.6 is 0 Å². The van der Waals surface area contributed by atoms with Crippen LogP contribution in [0.4, 0.5) is 0 Å². The fraction of sp³-hybridized carbons (Fsp3) is 0.844. The summed E-state index contributed by atoms with van der Waals surface area (Å²) in [4.78, 5) is 192. The number of aliphatic hydroxyl groups is 1. The minimum atomic E-state index is -1.63. The third kappa shape index (κ3) is 25.9. The maximum Gasteiger partial charge on any atom is 0.248 e. The summed E-state index contributed by atoms with van der Waals surface area (Å²) in [5, 5.41) is 22.7. The molecule has 5 N–H and O–H groups in total. The van der Waals surface area contributed by atoms with E-state index in [9.17, 15) is 29.1 Å². The Morgan fingerprint density at radius 2 is 0.845 bits per heavy atom. The number of carbonyl (C=O) groups is 12. The third-order valence-corrected chi connectivity index (χ3v) is 22.1. The van der Waals surface area contributed by atoms with Crippen molar-refractivity contribution in [1.29, 1.82) is 0 Å². The number of likely N-dealkylation sites (tertiary alicyclic amines) is 1. The highest BCUT2D eigenvalue weighted by atomic mass is 16.5. The second kappa shape index (κ2) is 40.9. The lowest BCUT2D eigenvalue weighted by atomic mass is 9.83. The van der Waals surface area contributed by atoms with E-state index in [4.69, 9.17) is 4.74 Å². The number of amides is 12. The third-order valence-electron chi connectivity index (χ3n) is 22.1. The van der Waals surface area contributed by atoms with Gasteiger partial charge in [0.15, 0.2) is 0 Å². The molecule has 0 spiro atoms. The van der Waals surface area contributed by atoms with E-state index in [0.29, 0.717) is 25.9 Å². The van der Waals surface area contributed by atoms with E-state index < -0.39 is 156 Å². The summed E-state index contributed by atoms with van der Waals surface area (Å²) in [6.07, 6.45) is 14.5. The van der Waals surface area contributed by atoms with Crippen molar-refractivity contribution in [3.05, 3.63) is 0 Å². The van der Waals surface area contributed by atoms with Gasteiger partial charge in [0.2, 0.25) is 70.9 Å². The van der Waals surface area contributed by atoms with Crippen LogP contribution < -0.4 is 21.3 Å². The molecule has 11 atom stereocenters. The maximum absolute atomic E-state index is 16.0. The van der Waals surface area contributed by atoms with Crippen molar-refractivity contribution in [1.82, 2.24) is 60.5 Å². The van der Waals surface area contributed by atoms with Gasteiger partial charge in [-0.15, -0.1) is 0 Å². The number of rotatable bonds is 16. The maximum atomic E-state index is 16.0. The fourth-order valence-electron chi connectivity index (χ4n) is 15.7. The summed E-state index contributed by atoms with van der Waals surface area (Å²) in [6, 6.07) is -12.9. The zero-order chi connectivity index (χ0) is 76.9. The Morgan fingerprint density at radius 1 is 0.456 bits per heavy atom. The van der Waals surface area contributed by atoms with Gasteiger partial charge in [-0.25, -0.2) is 0 Å². The lowest BCUT2D eigenvalue weighted by Crippen LogP contribution is -2.62. The molecule has 2 heterocycles. The van der Waals surface area contributed by atoms with Crippen LogP contribution in [0, 0.1) is 35.5 Å². The number of ether oxygens (including phenoxy) is 1. The number of hydrogen-bond donors (Lipinski definition) is 5. The SMILES string of the molecule is CC(C)C[C@@H]1NC(=O)[C@H](CC2CCCCC2)N(C)C(=O)[C@@H](C)NC(=O)C[C@@H](C(=O)N2CCCCC2)N(C)C(=O)[C@H](CC2CCCCC2)N(C)C(=O)[C@H](CC2CCCCC2)N(C)C(=O)[C@H](COC(C)(C)C)NC(=O)[C@H](CC(C)C)N(C)C(=O)CN(C)C(=O)[C@H]([C@@H](C)O)NC(=O)[C@H](CC(C)C)N(C)C1=O. The topological polar surface area (TPSA) is 308 Å². The zero-order valence-corrected chi connectivity index (χ0v) is 66.2. The van der Waals surface area contributed by atoms with Crippen LogP contribution in [0.25, 0.3) is 0 Å². The van der Waals surface area contributed by atoms with E-state index in [1.54, 1.807) is 32.7 Å². The summed E-state index contributed by atoms with van der Waals surface area (Å²) in [7, 11) is 10.2. The van der Waals surface area contributed by atoms with E-state index in [1.807, 2.05) is 41.5 Å². The average Bonchev–Trinajstić information content (AvgIpc) is 0.813. The Balaban J connectivity index is 1.70. The van der Waals surface area contributed by atoms with Crippen LogP contribution in [0.1, 0.15) is 237 Å². The molecule has 5 aliphatic rings. The molecule has 5 fully saturated rings. The van der Waals surface area contributed by atoms with Crippen molar-refractivity contribution in [2.45, 2.75) is 309 Å². The van der Waals surface area contributed by atoms with Gasteiger partial charge in [0.1, 0.15) is 60.4 Å². The number of carbonyl (C=O) groups excluding carboxylic acids is 12. The number of hydrogen-bond acceptors (Lipinski definition) is 14. The number of nitrogens with zero attached hydrogens (tertiary/aromatic N) is 8. The van der Waals surface area contributed by atoms with Crippen molar-refractivity contribution in [2.75, 3.05) is 75.6 Å². The normalized spacial score (nSPS) is 28.1. The Labute approximate surface area is 616 Å². The van der Waals surface area contributed by atoms with E-state index >= 15 is 33.6 Å². The van der Waals surface area contributed by atoms with E-state index in [2.05, 4.69) is 21.3 Å². The Bertz CT molecular complexity index is 2840. The summed E-state index contributed by atoms with van der Waals surface area (Å²) < 4.78 is 6.28. The highest BCUT2D eigenvalue weighted by molar-refractivity contribution is 6.00. The van der Waals surface area contributed by atoms with Gasteiger partial charge < -0.3 is 70.3 Å². The minimum Gasteiger partial charge on any atom is -0.391 e. The molecule has 0 aromatic carbocycles. The second-order valence-corrected chi connectivity index (χ2v) is 33.3. The van der Waals surface area contributed by atoms with Crippen molar-refractivity contribution in [3.8, 4) is 0 Å². The van der Waals surface area contributed by atoms with Crippen LogP contribution in [0.3, 0.4) is 0 Å². The smallest absolute Gasteiger partial charge is 0.248 e. The monoisotopic (exact) mass is 1450 g/mol. The van der Waals surface area contributed by atoms with Crippen LogP contribution in [0.5, 0.6) is 0 Å². The summed E-state index contributed by atoms with van der Waals surface area (Å²) >= 11 is 0. The summed E-state index contributed by atoms with van der Waals surface area (Å²) in [5.41, 5.74) is -0.828. The number of aliphatic hydroxyl groups excluding tert-OH is 1. The molecule has 0 aromatic heterocycles. The van der Waals surface area contributed by atoms with Crippen LogP contribution in [-0.4, -0.2) is 263 Å². The minimum absolute atomic E-state index is 0.00778. The fourth-order valence-corrected chi connectivity index (χ4v) is 15.7. The molecule has 26 nitrogen and oxygen atoms in total. The standard InChI is InChI=1S/C77H134N12O14/c1-48(2)39-56-71(97)85(15)59(41-50(5)6)69(95)81-66(52(8)90)76(102)82(12)46-65(92)83(13)58(40-49(3)4)67(93)80-57(47-103-77(9,10)11)72(98)86(16)61(43-54-33-25-20-26-34-54)73(99)87(17)62(44-55-35-27-21-28-36-55)74(100)88(18)63(75(101)89-37-29-22-30-38-89)45-64(91)78-51(7)70(96)84(14)60(68(94)79-56)42-53-31-23-19-24-32-53/h48-63,66,90H,19-47H2,1-18H3,(H,78,91)(H,79,94)(H,80,93)(H,81,95)/t51-,52-,56+,57+,58+,59+,60+,61+,62+,63+,66+/m1/s1. The highest BCUT2D eigenvalue weighted by Gasteiger charge is 2.46. The van der Waals surface area contributed by atoms with Crippen molar-refractivity contribution >= 4 is 70.9 Å². The molecule has 3 aliphatic carbocycles. The molecule has 0 bridgehead atoms. The first-order chi connectivity index (χ1) is 48.3. The van der Waals surface area contributed by atoms with Gasteiger partial charge in [0.05, 0.1) is 31.3 Å².